The fourth-order valence-corrected chi connectivity index (χ4v) is 4.35. The number of non-ortho nitro benzene ring substituents is 1. The van der Waals surface area contributed by atoms with Crippen LogP contribution in [0.15, 0.2) is 52.9 Å². The van der Waals surface area contributed by atoms with Gasteiger partial charge in [-0.2, -0.15) is 0 Å². The van der Waals surface area contributed by atoms with Crippen molar-refractivity contribution in [2.75, 3.05) is 4.90 Å². The first-order valence-corrected chi connectivity index (χ1v) is 10.1. The summed E-state index contributed by atoms with van der Waals surface area (Å²) in [6, 6.07) is 12.7. The van der Waals surface area contributed by atoms with Crippen LogP contribution in [0.25, 0.3) is 22.9 Å². The quantitative estimate of drug-likeness (QED) is 0.357. The Morgan fingerprint density at radius 2 is 1.32 bits per heavy atom. The molecule has 2 fully saturated rings. The molecule has 3 aromatic rings. The maximum absolute atomic E-state index is 12.8. The van der Waals surface area contributed by atoms with Crippen molar-refractivity contribution in [1.29, 1.82) is 0 Å². The second kappa shape index (κ2) is 7.42. The highest BCUT2D eigenvalue weighted by Crippen LogP contribution is 2.40. The van der Waals surface area contributed by atoms with E-state index in [9.17, 15) is 19.7 Å². The van der Waals surface area contributed by atoms with Crippen LogP contribution >= 0.6 is 0 Å². The molecule has 31 heavy (non-hydrogen) atoms. The predicted molar refractivity (Wildman–Crippen MR) is 110 cm³/mol. The van der Waals surface area contributed by atoms with E-state index in [4.69, 9.17) is 4.42 Å². The molecule has 0 bridgehead atoms. The van der Waals surface area contributed by atoms with Gasteiger partial charge in [-0.05, 0) is 49.2 Å². The van der Waals surface area contributed by atoms with Crippen molar-refractivity contribution >= 4 is 23.2 Å². The molecule has 2 aliphatic rings. The van der Waals surface area contributed by atoms with Crippen LogP contribution in [0, 0.1) is 22.0 Å². The van der Waals surface area contributed by atoms with Crippen LogP contribution in [0.2, 0.25) is 0 Å². The lowest BCUT2D eigenvalue weighted by Crippen LogP contribution is -2.30. The number of rotatable bonds is 4. The van der Waals surface area contributed by atoms with Gasteiger partial charge in [0, 0.05) is 23.3 Å². The second-order valence-electron chi connectivity index (χ2n) is 7.77. The molecule has 156 valence electrons. The number of anilines is 1. The van der Waals surface area contributed by atoms with Crippen molar-refractivity contribution in [2.45, 2.75) is 25.7 Å². The maximum atomic E-state index is 12.8. The minimum absolute atomic E-state index is 0.0232. The topological polar surface area (TPSA) is 119 Å². The Morgan fingerprint density at radius 1 is 0.839 bits per heavy atom. The lowest BCUT2D eigenvalue weighted by atomic mass is 9.81. The zero-order valence-electron chi connectivity index (χ0n) is 16.4. The lowest BCUT2D eigenvalue weighted by molar-refractivity contribution is -0.384. The van der Waals surface area contributed by atoms with Gasteiger partial charge in [0.1, 0.15) is 0 Å². The van der Waals surface area contributed by atoms with Gasteiger partial charge >= 0.3 is 0 Å². The van der Waals surface area contributed by atoms with Gasteiger partial charge in [-0.15, -0.1) is 10.2 Å². The van der Waals surface area contributed by atoms with E-state index in [0.29, 0.717) is 16.8 Å². The standard InChI is InChI=1S/C22H18N4O5/c27-21-17-3-1-2-4-18(17)22(28)25(21)15-9-5-13(6-10-15)19-23-24-20(31-19)14-7-11-16(12-8-14)26(29)30/h5-12,17-18H,1-4H2. The van der Waals surface area contributed by atoms with E-state index in [0.717, 1.165) is 25.7 Å². The third-order valence-corrected chi connectivity index (χ3v) is 5.96. The predicted octanol–water partition coefficient (Wildman–Crippen LogP) is 3.99. The molecule has 9 heteroatoms. The fourth-order valence-electron chi connectivity index (χ4n) is 4.35. The van der Waals surface area contributed by atoms with Gasteiger partial charge in [0.25, 0.3) is 5.69 Å². The molecule has 0 N–H and O–H groups in total. The van der Waals surface area contributed by atoms with E-state index in [1.165, 1.54) is 17.0 Å². The number of imide groups is 1. The van der Waals surface area contributed by atoms with Crippen molar-refractivity contribution in [3.05, 3.63) is 58.6 Å². The Hall–Kier alpha value is -3.88. The zero-order valence-corrected chi connectivity index (χ0v) is 16.4. The number of benzene rings is 2. The average molecular weight is 418 g/mol. The van der Waals surface area contributed by atoms with Gasteiger partial charge in [0.15, 0.2) is 0 Å². The molecule has 2 unspecified atom stereocenters. The number of amides is 2. The molecule has 1 aliphatic carbocycles. The highest BCUT2D eigenvalue weighted by molar-refractivity contribution is 6.22. The summed E-state index contributed by atoms with van der Waals surface area (Å²) in [6.07, 6.45) is 3.52. The summed E-state index contributed by atoms with van der Waals surface area (Å²) in [7, 11) is 0. The van der Waals surface area contributed by atoms with E-state index in [1.54, 1.807) is 36.4 Å². The molecule has 2 aromatic carbocycles. The number of nitro benzene ring substituents is 1. The first kappa shape index (κ1) is 19.1. The summed E-state index contributed by atoms with van der Waals surface area (Å²) in [5.74, 6) is -0.0979. The third kappa shape index (κ3) is 3.27. The summed E-state index contributed by atoms with van der Waals surface area (Å²) in [6.45, 7) is 0. The number of carbonyl (C=O) groups is 2. The number of fused-ring (bicyclic) bond motifs is 1. The van der Waals surface area contributed by atoms with Gasteiger partial charge in [-0.3, -0.25) is 24.6 Å². The molecule has 1 saturated carbocycles. The van der Waals surface area contributed by atoms with Crippen molar-refractivity contribution in [2.24, 2.45) is 11.8 Å². The number of nitro groups is 1. The van der Waals surface area contributed by atoms with E-state index < -0.39 is 4.92 Å². The summed E-state index contributed by atoms with van der Waals surface area (Å²) < 4.78 is 5.70. The number of hydrogen-bond donors (Lipinski definition) is 0. The van der Waals surface area contributed by atoms with Gasteiger partial charge < -0.3 is 4.42 Å². The normalized spacial score (nSPS) is 20.7. The van der Waals surface area contributed by atoms with Gasteiger partial charge in [0.05, 0.1) is 22.4 Å². The summed E-state index contributed by atoms with van der Waals surface area (Å²) in [5.41, 5.74) is 1.73. The Kier molecular flexibility index (Phi) is 4.58. The molecule has 1 aromatic heterocycles. The number of carbonyl (C=O) groups excluding carboxylic acids is 2. The van der Waals surface area contributed by atoms with Crippen molar-refractivity contribution in [1.82, 2.24) is 10.2 Å². The lowest BCUT2D eigenvalue weighted by Gasteiger charge is -2.19. The molecule has 1 saturated heterocycles. The molecule has 0 spiro atoms. The van der Waals surface area contributed by atoms with Crippen molar-refractivity contribution in [3.63, 3.8) is 0 Å². The molecule has 2 heterocycles. The van der Waals surface area contributed by atoms with Gasteiger partial charge in [-0.25, -0.2) is 0 Å². The third-order valence-electron chi connectivity index (χ3n) is 5.96. The van der Waals surface area contributed by atoms with Crippen LogP contribution in [0.5, 0.6) is 0 Å². The molecule has 9 nitrogen and oxygen atoms in total. The van der Waals surface area contributed by atoms with Crippen molar-refractivity contribution < 1.29 is 18.9 Å². The van der Waals surface area contributed by atoms with Crippen LogP contribution < -0.4 is 4.90 Å². The van der Waals surface area contributed by atoms with Gasteiger partial charge in [-0.1, -0.05) is 12.8 Å². The molecular formula is C22H18N4O5. The molecule has 1 aliphatic heterocycles. The van der Waals surface area contributed by atoms with Crippen LogP contribution in [0.1, 0.15) is 25.7 Å². The molecule has 2 atom stereocenters. The second-order valence-corrected chi connectivity index (χ2v) is 7.77. The average Bonchev–Trinajstić information content (AvgIpc) is 3.38. The van der Waals surface area contributed by atoms with E-state index in [1.807, 2.05) is 0 Å². The molecule has 0 radical (unpaired) electrons. The highest BCUT2D eigenvalue weighted by Gasteiger charge is 2.48. The highest BCUT2D eigenvalue weighted by atomic mass is 16.6. The van der Waals surface area contributed by atoms with E-state index in [2.05, 4.69) is 10.2 Å². The Labute approximate surface area is 176 Å². The van der Waals surface area contributed by atoms with E-state index >= 15 is 0 Å². The summed E-state index contributed by atoms with van der Waals surface area (Å²) >= 11 is 0. The first-order valence-electron chi connectivity index (χ1n) is 10.1. The van der Waals surface area contributed by atoms with E-state index in [-0.39, 0.29) is 41.1 Å². The summed E-state index contributed by atoms with van der Waals surface area (Å²) in [4.78, 5) is 37.1. The Morgan fingerprint density at radius 3 is 1.81 bits per heavy atom. The largest absolute Gasteiger partial charge is 0.416 e. The molecule has 5 rings (SSSR count). The monoisotopic (exact) mass is 418 g/mol. The zero-order chi connectivity index (χ0) is 21.5. The number of aromatic nitrogens is 2. The minimum atomic E-state index is -0.477. The van der Waals surface area contributed by atoms with Crippen LogP contribution in [-0.4, -0.2) is 26.9 Å². The van der Waals surface area contributed by atoms with Gasteiger partial charge in [0.2, 0.25) is 23.6 Å². The van der Waals surface area contributed by atoms with Crippen molar-refractivity contribution in [3.8, 4) is 22.9 Å². The van der Waals surface area contributed by atoms with Crippen LogP contribution in [-0.2, 0) is 9.59 Å². The minimum Gasteiger partial charge on any atom is -0.416 e. The first-order chi connectivity index (χ1) is 15.0. The van der Waals surface area contributed by atoms with Crippen LogP contribution in [0.4, 0.5) is 11.4 Å². The fraction of sp³-hybridized carbons (Fsp3) is 0.273. The number of hydrogen-bond acceptors (Lipinski definition) is 7. The smallest absolute Gasteiger partial charge is 0.269 e. The Bertz CT molecular complexity index is 1150. The number of nitrogens with zero attached hydrogens (tertiary/aromatic N) is 4. The van der Waals surface area contributed by atoms with Crippen LogP contribution in [0.3, 0.4) is 0 Å². The summed E-state index contributed by atoms with van der Waals surface area (Å²) in [5, 5.41) is 18.8. The molecular weight excluding hydrogens is 400 g/mol. The maximum Gasteiger partial charge on any atom is 0.269 e. The SMILES string of the molecule is O=C1C2CCCCC2C(=O)N1c1ccc(-c2nnc(-c3ccc([N+](=O)[O-])cc3)o2)cc1. The Balaban J connectivity index is 1.37. The molecule has 2 amide bonds.